The van der Waals surface area contributed by atoms with E-state index in [1.165, 1.54) is 5.01 Å². The Morgan fingerprint density at radius 1 is 1.24 bits per heavy atom. The van der Waals surface area contributed by atoms with Gasteiger partial charge < -0.3 is 10.2 Å². The highest BCUT2D eigenvalue weighted by Gasteiger charge is 2.36. The van der Waals surface area contributed by atoms with Crippen molar-refractivity contribution in [2.24, 2.45) is 11.0 Å². The van der Waals surface area contributed by atoms with E-state index >= 15 is 0 Å². The van der Waals surface area contributed by atoms with Crippen molar-refractivity contribution in [3.63, 3.8) is 0 Å². The van der Waals surface area contributed by atoms with Gasteiger partial charge >= 0.3 is 0 Å². The van der Waals surface area contributed by atoms with Crippen LogP contribution in [0.1, 0.15) is 32.1 Å². The molecular weight excluding hydrogens is 272 g/mol. The van der Waals surface area contributed by atoms with Crippen molar-refractivity contribution < 1.29 is 14.4 Å². The molecule has 1 N–H and O–H groups in total. The van der Waals surface area contributed by atoms with Crippen LogP contribution in [0, 0.1) is 5.92 Å². The van der Waals surface area contributed by atoms with Gasteiger partial charge in [0.05, 0.1) is 0 Å². The second-order valence-electron chi connectivity index (χ2n) is 5.98. The van der Waals surface area contributed by atoms with Crippen LogP contribution in [0.15, 0.2) is 5.10 Å². The van der Waals surface area contributed by atoms with Gasteiger partial charge in [0, 0.05) is 45.4 Å². The van der Waals surface area contributed by atoms with Gasteiger partial charge in [0.15, 0.2) is 0 Å². The van der Waals surface area contributed by atoms with E-state index in [9.17, 15) is 14.4 Å². The fourth-order valence-corrected chi connectivity index (χ4v) is 3.30. The standard InChI is InChI=1S/C14H20N4O3/c1-17-13(20)5-3-11(16-17)14(21)18-7-6-10-9(8-18)2-4-12(19)15-10/h9-10H,2-8H2,1H3,(H,15,19). The highest BCUT2D eigenvalue weighted by atomic mass is 16.2. The van der Waals surface area contributed by atoms with Gasteiger partial charge in [-0.25, -0.2) is 5.01 Å². The Balaban J connectivity index is 1.65. The summed E-state index contributed by atoms with van der Waals surface area (Å²) < 4.78 is 0. The molecular formula is C14H20N4O3. The van der Waals surface area contributed by atoms with E-state index in [2.05, 4.69) is 10.4 Å². The molecule has 0 aromatic heterocycles. The van der Waals surface area contributed by atoms with Crippen molar-refractivity contribution in [3.05, 3.63) is 0 Å². The molecule has 0 aliphatic carbocycles. The molecule has 3 aliphatic rings. The molecule has 0 radical (unpaired) electrons. The summed E-state index contributed by atoms with van der Waals surface area (Å²) in [7, 11) is 1.58. The molecule has 0 bridgehead atoms. The van der Waals surface area contributed by atoms with E-state index in [0.29, 0.717) is 44.0 Å². The molecule has 3 rings (SSSR count). The first-order valence-corrected chi connectivity index (χ1v) is 7.47. The molecule has 0 aromatic rings. The highest BCUT2D eigenvalue weighted by Crippen LogP contribution is 2.26. The maximum absolute atomic E-state index is 12.5. The first-order valence-electron chi connectivity index (χ1n) is 7.47. The number of hydrogen-bond acceptors (Lipinski definition) is 4. The van der Waals surface area contributed by atoms with Crippen molar-refractivity contribution in [2.45, 2.75) is 38.1 Å². The number of hydrogen-bond donors (Lipinski definition) is 1. The third-order valence-corrected chi connectivity index (χ3v) is 4.56. The largest absolute Gasteiger partial charge is 0.353 e. The smallest absolute Gasteiger partial charge is 0.270 e. The fourth-order valence-electron chi connectivity index (χ4n) is 3.30. The zero-order chi connectivity index (χ0) is 15.0. The maximum atomic E-state index is 12.5. The lowest BCUT2D eigenvalue weighted by molar-refractivity contribution is -0.131. The van der Waals surface area contributed by atoms with E-state index in [1.807, 2.05) is 4.90 Å². The molecule has 7 nitrogen and oxygen atoms in total. The van der Waals surface area contributed by atoms with Crippen LogP contribution in [-0.2, 0) is 14.4 Å². The Morgan fingerprint density at radius 3 is 2.81 bits per heavy atom. The summed E-state index contributed by atoms with van der Waals surface area (Å²) in [6.45, 7) is 1.30. The summed E-state index contributed by atoms with van der Waals surface area (Å²) in [5, 5.41) is 8.36. The highest BCUT2D eigenvalue weighted by molar-refractivity contribution is 6.39. The number of nitrogens with one attached hydrogen (secondary N) is 1. The molecule has 3 amide bonds. The van der Waals surface area contributed by atoms with Gasteiger partial charge in [0.2, 0.25) is 11.8 Å². The number of amides is 3. The molecule has 7 heteroatoms. The molecule has 0 saturated carbocycles. The number of carbonyl (C=O) groups excluding carboxylic acids is 3. The van der Waals surface area contributed by atoms with Crippen molar-refractivity contribution in [2.75, 3.05) is 20.1 Å². The van der Waals surface area contributed by atoms with Gasteiger partial charge in [0.25, 0.3) is 5.91 Å². The summed E-state index contributed by atoms with van der Waals surface area (Å²) >= 11 is 0. The van der Waals surface area contributed by atoms with Crippen LogP contribution < -0.4 is 5.32 Å². The van der Waals surface area contributed by atoms with E-state index in [-0.39, 0.29) is 23.8 Å². The van der Waals surface area contributed by atoms with Gasteiger partial charge in [-0.15, -0.1) is 0 Å². The number of fused-ring (bicyclic) bond motifs is 1. The molecule has 2 saturated heterocycles. The zero-order valence-corrected chi connectivity index (χ0v) is 12.2. The van der Waals surface area contributed by atoms with E-state index in [1.54, 1.807) is 7.05 Å². The third kappa shape index (κ3) is 2.77. The van der Waals surface area contributed by atoms with Crippen molar-refractivity contribution in [1.29, 1.82) is 0 Å². The minimum atomic E-state index is -0.0651. The molecule has 2 unspecified atom stereocenters. The topological polar surface area (TPSA) is 82.1 Å². The van der Waals surface area contributed by atoms with Crippen molar-refractivity contribution in [1.82, 2.24) is 15.2 Å². The normalized spacial score (nSPS) is 29.7. The second kappa shape index (κ2) is 5.46. The molecule has 21 heavy (non-hydrogen) atoms. The van der Waals surface area contributed by atoms with Crippen LogP contribution in [0.4, 0.5) is 0 Å². The monoisotopic (exact) mass is 292 g/mol. The lowest BCUT2D eigenvalue weighted by Crippen LogP contribution is -2.56. The summed E-state index contributed by atoms with van der Waals surface area (Å²) in [5.41, 5.74) is 0.468. The van der Waals surface area contributed by atoms with Crippen molar-refractivity contribution >= 4 is 23.4 Å². The van der Waals surface area contributed by atoms with E-state index in [4.69, 9.17) is 0 Å². The van der Waals surface area contributed by atoms with Crippen LogP contribution in [0.5, 0.6) is 0 Å². The first-order chi connectivity index (χ1) is 10.0. The van der Waals surface area contributed by atoms with Crippen molar-refractivity contribution in [3.8, 4) is 0 Å². The van der Waals surface area contributed by atoms with Gasteiger partial charge in [-0.05, 0) is 18.8 Å². The lowest BCUT2D eigenvalue weighted by atomic mass is 9.85. The number of carbonyl (C=O) groups is 3. The maximum Gasteiger partial charge on any atom is 0.270 e. The number of rotatable bonds is 1. The van der Waals surface area contributed by atoms with Gasteiger partial charge in [0.1, 0.15) is 5.71 Å². The Morgan fingerprint density at radius 2 is 2.05 bits per heavy atom. The molecule has 0 spiro atoms. The lowest BCUT2D eigenvalue weighted by Gasteiger charge is -2.41. The van der Waals surface area contributed by atoms with Gasteiger partial charge in [-0.1, -0.05) is 0 Å². The number of hydrazone groups is 1. The molecule has 114 valence electrons. The van der Waals surface area contributed by atoms with E-state index in [0.717, 1.165) is 12.8 Å². The molecule has 3 aliphatic heterocycles. The minimum absolute atomic E-state index is 0.0553. The third-order valence-electron chi connectivity index (χ3n) is 4.56. The summed E-state index contributed by atoms with van der Waals surface area (Å²) in [4.78, 5) is 37.1. The predicted octanol–water partition coefficient (Wildman–Crippen LogP) is -0.278. The minimum Gasteiger partial charge on any atom is -0.353 e. The summed E-state index contributed by atoms with van der Waals surface area (Å²) in [6.07, 6.45) is 2.94. The SMILES string of the molecule is CN1N=C(C(=O)N2CCC3NC(=O)CCC3C2)CCC1=O. The Hall–Kier alpha value is -1.92. The van der Waals surface area contributed by atoms with Crippen LogP contribution in [0.2, 0.25) is 0 Å². The summed E-state index contributed by atoms with van der Waals surface area (Å²) in [5.74, 6) is 0.335. The number of nitrogens with zero attached hydrogens (tertiary/aromatic N) is 3. The average molecular weight is 292 g/mol. The first kappa shape index (κ1) is 14.0. The molecule has 3 heterocycles. The van der Waals surface area contributed by atoms with Gasteiger partial charge in [-0.2, -0.15) is 5.10 Å². The Labute approximate surface area is 123 Å². The second-order valence-corrected chi connectivity index (χ2v) is 5.98. The van der Waals surface area contributed by atoms with Crippen LogP contribution >= 0.6 is 0 Å². The summed E-state index contributed by atoms with van der Waals surface area (Å²) in [6, 6.07) is 0.202. The quantitative estimate of drug-likeness (QED) is 0.722. The zero-order valence-electron chi connectivity index (χ0n) is 12.2. The van der Waals surface area contributed by atoms with Crippen LogP contribution in [0.3, 0.4) is 0 Å². The van der Waals surface area contributed by atoms with E-state index < -0.39 is 0 Å². The number of piperidine rings is 2. The van der Waals surface area contributed by atoms with Crippen LogP contribution in [0.25, 0.3) is 0 Å². The van der Waals surface area contributed by atoms with Gasteiger partial charge in [-0.3, -0.25) is 14.4 Å². The molecule has 2 atom stereocenters. The number of likely N-dealkylation sites (tertiary alicyclic amines) is 1. The average Bonchev–Trinajstić information content (AvgIpc) is 2.49. The van der Waals surface area contributed by atoms with Crippen LogP contribution in [-0.4, -0.2) is 59.5 Å². The molecule has 0 aromatic carbocycles. The fraction of sp³-hybridized carbons (Fsp3) is 0.714. The Kier molecular flexibility index (Phi) is 3.65. The Bertz CT molecular complexity index is 516. The predicted molar refractivity (Wildman–Crippen MR) is 75.3 cm³/mol. The molecule has 2 fully saturated rings.